The summed E-state index contributed by atoms with van der Waals surface area (Å²) in [6.07, 6.45) is 3.17. The van der Waals surface area contributed by atoms with Gasteiger partial charge in [-0.2, -0.15) is 0 Å². The third kappa shape index (κ3) is 3.57. The molecule has 0 unspecified atom stereocenters. The molecule has 116 valence electrons. The number of aryl methyl sites for hydroxylation is 1. The van der Waals surface area contributed by atoms with Gasteiger partial charge in [-0.3, -0.25) is 0 Å². The molecule has 0 bridgehead atoms. The number of nitrogens with zero attached hydrogens (tertiary/aromatic N) is 3. The number of rotatable bonds is 4. The van der Waals surface area contributed by atoms with Crippen LogP contribution in [0, 0.1) is 6.92 Å². The van der Waals surface area contributed by atoms with Gasteiger partial charge in [0.05, 0.1) is 0 Å². The number of nitrogens with two attached hydrogens (primary N) is 1. The van der Waals surface area contributed by atoms with Crippen LogP contribution >= 0.6 is 15.9 Å². The fraction of sp³-hybridized carbons (Fsp3) is 0.0625. The number of pyridine rings is 1. The van der Waals surface area contributed by atoms with Crippen LogP contribution in [-0.2, 0) is 0 Å². The Morgan fingerprint density at radius 1 is 0.957 bits per heavy atom. The van der Waals surface area contributed by atoms with Crippen LogP contribution in [0.25, 0.3) is 0 Å². The monoisotopic (exact) mass is 370 g/mol. The van der Waals surface area contributed by atoms with Gasteiger partial charge in [-0.15, -0.1) is 0 Å². The summed E-state index contributed by atoms with van der Waals surface area (Å²) in [5.41, 5.74) is 8.49. The first kappa shape index (κ1) is 15.2. The van der Waals surface area contributed by atoms with E-state index < -0.39 is 0 Å². The lowest BCUT2D eigenvalue weighted by molar-refractivity contribution is 1.15. The highest BCUT2D eigenvalue weighted by molar-refractivity contribution is 9.10. The maximum atomic E-state index is 6.18. The molecule has 6 nitrogen and oxygen atoms in total. The van der Waals surface area contributed by atoms with Gasteiger partial charge in [-0.05, 0) is 36.8 Å². The summed E-state index contributed by atoms with van der Waals surface area (Å²) in [6.45, 7) is 1.97. The quantitative estimate of drug-likeness (QED) is 0.642. The molecule has 1 aromatic carbocycles. The smallest absolute Gasteiger partial charge is 0.160 e. The number of hydrogen-bond acceptors (Lipinski definition) is 6. The molecule has 0 aliphatic carbocycles. The van der Waals surface area contributed by atoms with Crippen LogP contribution in [0.1, 0.15) is 5.56 Å². The average molecular weight is 371 g/mol. The SMILES string of the molecule is Cc1cccnc1Nc1ncnc(Nc2cccc(Br)c2)c1N. The van der Waals surface area contributed by atoms with Gasteiger partial charge in [0.15, 0.2) is 11.6 Å². The maximum Gasteiger partial charge on any atom is 0.160 e. The van der Waals surface area contributed by atoms with Gasteiger partial charge in [0, 0.05) is 16.4 Å². The standard InChI is InChI=1S/C16H15BrN6/c1-10-4-3-7-19-14(10)23-16-13(18)15(20-9-21-16)22-12-6-2-5-11(17)8-12/h2-9H,18H2,1H3,(H2,19,20,21,22,23). The van der Waals surface area contributed by atoms with Crippen LogP contribution in [0.4, 0.5) is 28.8 Å². The van der Waals surface area contributed by atoms with Crippen LogP contribution in [0.2, 0.25) is 0 Å². The van der Waals surface area contributed by atoms with Gasteiger partial charge in [0.25, 0.3) is 0 Å². The Kier molecular flexibility index (Phi) is 4.38. The molecule has 7 heteroatoms. The van der Waals surface area contributed by atoms with Crippen LogP contribution in [0.15, 0.2) is 53.4 Å². The average Bonchev–Trinajstić information content (AvgIpc) is 2.53. The molecule has 2 aromatic heterocycles. The number of hydrogen-bond donors (Lipinski definition) is 3. The highest BCUT2D eigenvalue weighted by Gasteiger charge is 2.10. The van der Waals surface area contributed by atoms with Gasteiger partial charge in [-0.1, -0.05) is 28.1 Å². The summed E-state index contributed by atoms with van der Waals surface area (Å²) in [6, 6.07) is 11.6. The fourth-order valence-corrected chi connectivity index (χ4v) is 2.43. The predicted molar refractivity (Wildman–Crippen MR) is 96.1 cm³/mol. The van der Waals surface area contributed by atoms with E-state index in [1.165, 1.54) is 6.33 Å². The zero-order valence-electron chi connectivity index (χ0n) is 12.4. The largest absolute Gasteiger partial charge is 0.393 e. The minimum Gasteiger partial charge on any atom is -0.393 e. The summed E-state index contributed by atoms with van der Waals surface area (Å²) in [4.78, 5) is 12.7. The van der Waals surface area contributed by atoms with Crippen molar-refractivity contribution in [1.29, 1.82) is 0 Å². The molecule has 23 heavy (non-hydrogen) atoms. The predicted octanol–water partition coefficient (Wildman–Crippen LogP) is 4.01. The van der Waals surface area contributed by atoms with Crippen LogP contribution in [0.5, 0.6) is 0 Å². The molecule has 0 aliphatic heterocycles. The minimum absolute atomic E-state index is 0.428. The first-order chi connectivity index (χ1) is 11.1. The number of nitrogen functional groups attached to an aromatic ring is 1. The number of anilines is 5. The van der Waals surface area contributed by atoms with E-state index in [0.717, 1.165) is 15.7 Å². The topological polar surface area (TPSA) is 88.8 Å². The van der Waals surface area contributed by atoms with E-state index in [4.69, 9.17) is 5.73 Å². The van der Waals surface area contributed by atoms with Gasteiger partial charge < -0.3 is 16.4 Å². The highest BCUT2D eigenvalue weighted by atomic mass is 79.9. The molecule has 0 saturated heterocycles. The van der Waals surface area contributed by atoms with E-state index in [-0.39, 0.29) is 0 Å². The first-order valence-corrected chi connectivity index (χ1v) is 7.74. The molecule has 0 atom stereocenters. The van der Waals surface area contributed by atoms with Crippen molar-refractivity contribution in [2.24, 2.45) is 0 Å². The zero-order chi connectivity index (χ0) is 16.2. The Hall–Kier alpha value is -2.67. The molecular weight excluding hydrogens is 356 g/mol. The van der Waals surface area contributed by atoms with Crippen molar-refractivity contribution in [1.82, 2.24) is 15.0 Å². The molecule has 0 aliphatic rings. The van der Waals surface area contributed by atoms with Crippen molar-refractivity contribution in [3.8, 4) is 0 Å². The molecular formula is C16H15BrN6. The number of halogens is 1. The van der Waals surface area contributed by atoms with Gasteiger partial charge in [0.2, 0.25) is 0 Å². The Bertz CT molecular complexity index is 836. The van der Waals surface area contributed by atoms with E-state index in [1.54, 1.807) is 6.20 Å². The summed E-state index contributed by atoms with van der Waals surface area (Å²) in [7, 11) is 0. The lowest BCUT2D eigenvalue weighted by Crippen LogP contribution is -2.06. The van der Waals surface area contributed by atoms with Crippen LogP contribution in [0.3, 0.4) is 0 Å². The van der Waals surface area contributed by atoms with Gasteiger partial charge >= 0.3 is 0 Å². The summed E-state index contributed by atoms with van der Waals surface area (Å²) in [5, 5.41) is 6.33. The highest BCUT2D eigenvalue weighted by Crippen LogP contribution is 2.29. The van der Waals surface area contributed by atoms with E-state index in [0.29, 0.717) is 23.1 Å². The number of aromatic nitrogens is 3. The Balaban J connectivity index is 1.88. The Labute approximate surface area is 142 Å². The van der Waals surface area contributed by atoms with E-state index >= 15 is 0 Å². The van der Waals surface area contributed by atoms with Crippen molar-refractivity contribution in [2.45, 2.75) is 6.92 Å². The molecule has 0 saturated carbocycles. The summed E-state index contributed by atoms with van der Waals surface area (Å²) >= 11 is 3.44. The summed E-state index contributed by atoms with van der Waals surface area (Å²) < 4.78 is 0.970. The first-order valence-electron chi connectivity index (χ1n) is 6.95. The minimum atomic E-state index is 0.428. The molecule has 0 spiro atoms. The number of nitrogens with one attached hydrogen (secondary N) is 2. The second-order valence-corrected chi connectivity index (χ2v) is 5.83. The molecule has 0 radical (unpaired) electrons. The van der Waals surface area contributed by atoms with Crippen molar-refractivity contribution in [3.05, 3.63) is 59.0 Å². The van der Waals surface area contributed by atoms with E-state index in [1.807, 2.05) is 43.3 Å². The lowest BCUT2D eigenvalue weighted by Gasteiger charge is -2.13. The van der Waals surface area contributed by atoms with Crippen molar-refractivity contribution in [3.63, 3.8) is 0 Å². The van der Waals surface area contributed by atoms with Crippen molar-refractivity contribution < 1.29 is 0 Å². The van der Waals surface area contributed by atoms with Crippen LogP contribution < -0.4 is 16.4 Å². The normalized spacial score (nSPS) is 10.3. The van der Waals surface area contributed by atoms with E-state index in [9.17, 15) is 0 Å². The van der Waals surface area contributed by atoms with E-state index in [2.05, 4.69) is 41.5 Å². The fourth-order valence-electron chi connectivity index (χ4n) is 2.03. The van der Waals surface area contributed by atoms with Crippen LogP contribution in [-0.4, -0.2) is 15.0 Å². The second kappa shape index (κ2) is 6.62. The lowest BCUT2D eigenvalue weighted by atomic mass is 10.3. The zero-order valence-corrected chi connectivity index (χ0v) is 14.0. The Morgan fingerprint density at radius 2 is 1.74 bits per heavy atom. The molecule has 0 fully saturated rings. The molecule has 4 N–H and O–H groups in total. The molecule has 2 heterocycles. The summed E-state index contributed by atoms with van der Waals surface area (Å²) in [5.74, 6) is 1.76. The molecule has 0 amide bonds. The van der Waals surface area contributed by atoms with Gasteiger partial charge in [-0.25, -0.2) is 15.0 Å². The van der Waals surface area contributed by atoms with Crippen molar-refractivity contribution >= 4 is 44.8 Å². The second-order valence-electron chi connectivity index (χ2n) is 4.91. The number of benzene rings is 1. The van der Waals surface area contributed by atoms with Crippen molar-refractivity contribution in [2.75, 3.05) is 16.4 Å². The maximum absolute atomic E-state index is 6.18. The molecule has 3 rings (SSSR count). The third-order valence-electron chi connectivity index (χ3n) is 3.22. The molecule has 3 aromatic rings. The Morgan fingerprint density at radius 3 is 2.48 bits per heavy atom. The van der Waals surface area contributed by atoms with Gasteiger partial charge in [0.1, 0.15) is 17.8 Å². The third-order valence-corrected chi connectivity index (χ3v) is 3.71.